The Morgan fingerprint density at radius 1 is 1.38 bits per heavy atom. The molecule has 2 aromatic rings. The molecule has 24 heavy (non-hydrogen) atoms. The molecule has 0 unspecified atom stereocenters. The van der Waals surface area contributed by atoms with Gasteiger partial charge >= 0.3 is 0 Å². The lowest BCUT2D eigenvalue weighted by atomic mass is 10.1. The molecule has 0 bridgehead atoms. The van der Waals surface area contributed by atoms with E-state index in [0.717, 1.165) is 29.5 Å². The highest BCUT2D eigenvalue weighted by Crippen LogP contribution is 2.30. The van der Waals surface area contributed by atoms with Crippen molar-refractivity contribution in [2.24, 2.45) is 0 Å². The average molecular weight is 355 g/mol. The zero-order valence-corrected chi connectivity index (χ0v) is 13.0. The number of nitrogens with one attached hydrogen (secondary N) is 2. The Labute approximate surface area is 138 Å². The summed E-state index contributed by atoms with van der Waals surface area (Å²) in [7, 11) is 0. The number of thiazole rings is 1. The maximum atomic E-state index is 13.5. The van der Waals surface area contributed by atoms with Gasteiger partial charge in [-0.3, -0.25) is 9.59 Å². The van der Waals surface area contributed by atoms with Gasteiger partial charge in [-0.25, -0.2) is 18.2 Å². The lowest BCUT2D eigenvalue weighted by Crippen LogP contribution is -2.39. The Hall–Kier alpha value is -2.42. The second kappa shape index (κ2) is 6.60. The van der Waals surface area contributed by atoms with Crippen LogP contribution >= 0.6 is 11.3 Å². The van der Waals surface area contributed by atoms with Crippen molar-refractivity contribution in [3.63, 3.8) is 0 Å². The van der Waals surface area contributed by atoms with E-state index in [-0.39, 0.29) is 21.4 Å². The molecular formula is C15H12F3N3O2S. The molecule has 2 N–H and O–H groups in total. The SMILES string of the molecule is O=C(N[C@H]1CCNC1=O)c1cnc(-c2cc(F)cc(C(F)F)c2)s1. The Kier molecular flexibility index (Phi) is 4.52. The molecular weight excluding hydrogens is 343 g/mol. The van der Waals surface area contributed by atoms with Crippen LogP contribution in [0.1, 0.15) is 28.1 Å². The van der Waals surface area contributed by atoms with Crippen molar-refractivity contribution in [2.75, 3.05) is 6.54 Å². The molecule has 5 nitrogen and oxygen atoms in total. The van der Waals surface area contributed by atoms with Crippen molar-refractivity contribution in [1.82, 2.24) is 15.6 Å². The van der Waals surface area contributed by atoms with Gasteiger partial charge in [0.2, 0.25) is 5.91 Å². The molecule has 1 aliphatic rings. The van der Waals surface area contributed by atoms with E-state index in [9.17, 15) is 22.8 Å². The second-order valence-electron chi connectivity index (χ2n) is 5.21. The maximum Gasteiger partial charge on any atom is 0.263 e. The standard InChI is InChI=1S/C15H12F3N3O2S/c16-9-4-7(12(17)18)3-8(5-9)15-20-6-11(24-15)14(23)21-10-1-2-19-13(10)22/h3-6,10,12H,1-2H2,(H,19,22)(H,21,23)/t10-/m0/s1. The summed E-state index contributed by atoms with van der Waals surface area (Å²) >= 11 is 0.941. The van der Waals surface area contributed by atoms with Crippen molar-refractivity contribution >= 4 is 23.2 Å². The molecule has 0 saturated carbocycles. The van der Waals surface area contributed by atoms with Gasteiger partial charge in [0.1, 0.15) is 21.7 Å². The van der Waals surface area contributed by atoms with Crippen LogP contribution in [-0.2, 0) is 4.79 Å². The third-order valence-corrected chi connectivity index (χ3v) is 4.55. The Balaban J connectivity index is 1.80. The van der Waals surface area contributed by atoms with Crippen LogP contribution in [0.15, 0.2) is 24.4 Å². The molecule has 2 heterocycles. The summed E-state index contributed by atoms with van der Waals surface area (Å²) in [5, 5.41) is 5.43. The fourth-order valence-corrected chi connectivity index (χ4v) is 3.14. The lowest BCUT2D eigenvalue weighted by molar-refractivity contribution is -0.120. The Morgan fingerprint density at radius 3 is 2.83 bits per heavy atom. The molecule has 1 aliphatic heterocycles. The van der Waals surface area contributed by atoms with Gasteiger partial charge in [-0.1, -0.05) is 0 Å². The van der Waals surface area contributed by atoms with Crippen LogP contribution in [0.3, 0.4) is 0 Å². The van der Waals surface area contributed by atoms with Crippen LogP contribution in [0.4, 0.5) is 13.2 Å². The van der Waals surface area contributed by atoms with Crippen LogP contribution in [0, 0.1) is 5.82 Å². The summed E-state index contributed by atoms with van der Waals surface area (Å²) < 4.78 is 39.0. The zero-order valence-electron chi connectivity index (χ0n) is 12.2. The molecule has 1 saturated heterocycles. The first kappa shape index (κ1) is 16.4. The van der Waals surface area contributed by atoms with Crippen LogP contribution in [0.5, 0.6) is 0 Å². The fourth-order valence-electron chi connectivity index (χ4n) is 2.34. The van der Waals surface area contributed by atoms with Crippen molar-refractivity contribution in [3.05, 3.63) is 40.7 Å². The second-order valence-corrected chi connectivity index (χ2v) is 6.24. The molecule has 0 spiro atoms. The first-order chi connectivity index (χ1) is 11.4. The number of amides is 2. The topological polar surface area (TPSA) is 71.1 Å². The number of benzene rings is 1. The van der Waals surface area contributed by atoms with E-state index >= 15 is 0 Å². The van der Waals surface area contributed by atoms with Crippen LogP contribution in [0.25, 0.3) is 10.6 Å². The third kappa shape index (κ3) is 3.40. The lowest BCUT2D eigenvalue weighted by Gasteiger charge is -2.07. The monoisotopic (exact) mass is 355 g/mol. The summed E-state index contributed by atoms with van der Waals surface area (Å²) in [5.41, 5.74) is -0.276. The largest absolute Gasteiger partial charge is 0.354 e. The molecule has 1 fully saturated rings. The summed E-state index contributed by atoms with van der Waals surface area (Å²) in [5.74, 6) is -1.53. The number of halogens is 3. The van der Waals surface area contributed by atoms with Gasteiger partial charge in [0.15, 0.2) is 0 Å². The minimum atomic E-state index is -2.80. The van der Waals surface area contributed by atoms with E-state index in [2.05, 4.69) is 15.6 Å². The smallest absolute Gasteiger partial charge is 0.263 e. The van der Waals surface area contributed by atoms with Crippen molar-refractivity contribution in [1.29, 1.82) is 0 Å². The number of hydrogen-bond donors (Lipinski definition) is 2. The van der Waals surface area contributed by atoms with Crippen molar-refractivity contribution in [3.8, 4) is 10.6 Å². The summed E-state index contributed by atoms with van der Waals surface area (Å²) in [6.45, 7) is 0.497. The predicted octanol–water partition coefficient (Wildman–Crippen LogP) is 2.51. The minimum absolute atomic E-state index is 0.174. The number of carbonyl (C=O) groups excluding carboxylic acids is 2. The maximum absolute atomic E-state index is 13.5. The molecule has 3 rings (SSSR count). The summed E-state index contributed by atoms with van der Waals surface area (Å²) in [6.07, 6.45) is -1.03. The van der Waals surface area contributed by atoms with E-state index in [4.69, 9.17) is 0 Å². The Morgan fingerprint density at radius 2 is 2.17 bits per heavy atom. The van der Waals surface area contributed by atoms with Gasteiger partial charge in [-0.15, -0.1) is 11.3 Å². The molecule has 9 heteroatoms. The predicted molar refractivity (Wildman–Crippen MR) is 81.3 cm³/mol. The highest BCUT2D eigenvalue weighted by molar-refractivity contribution is 7.16. The quantitative estimate of drug-likeness (QED) is 0.885. The summed E-state index contributed by atoms with van der Waals surface area (Å²) in [4.78, 5) is 27.8. The number of nitrogens with zero attached hydrogens (tertiary/aromatic N) is 1. The molecule has 126 valence electrons. The average Bonchev–Trinajstić information content (AvgIpc) is 3.16. The van der Waals surface area contributed by atoms with Gasteiger partial charge in [0.05, 0.1) is 6.20 Å². The first-order valence-corrected chi connectivity index (χ1v) is 7.89. The number of aromatic nitrogens is 1. The van der Waals surface area contributed by atoms with E-state index in [1.807, 2.05) is 0 Å². The van der Waals surface area contributed by atoms with Gasteiger partial charge in [0.25, 0.3) is 12.3 Å². The normalized spacial score (nSPS) is 17.2. The molecule has 1 aromatic carbocycles. The van der Waals surface area contributed by atoms with Crippen molar-refractivity contribution in [2.45, 2.75) is 18.9 Å². The van der Waals surface area contributed by atoms with Gasteiger partial charge < -0.3 is 10.6 Å². The molecule has 0 radical (unpaired) electrons. The van der Waals surface area contributed by atoms with E-state index in [1.165, 1.54) is 6.20 Å². The van der Waals surface area contributed by atoms with E-state index in [0.29, 0.717) is 13.0 Å². The number of carbonyl (C=O) groups is 2. The van der Waals surface area contributed by atoms with E-state index < -0.39 is 29.8 Å². The van der Waals surface area contributed by atoms with E-state index in [1.54, 1.807) is 0 Å². The fraction of sp³-hybridized carbons (Fsp3) is 0.267. The third-order valence-electron chi connectivity index (χ3n) is 3.50. The van der Waals surface area contributed by atoms with Gasteiger partial charge in [-0.05, 0) is 24.6 Å². The van der Waals surface area contributed by atoms with Crippen LogP contribution in [0.2, 0.25) is 0 Å². The highest BCUT2D eigenvalue weighted by atomic mass is 32.1. The number of alkyl halides is 2. The molecule has 1 atom stereocenters. The zero-order chi connectivity index (χ0) is 17.3. The molecule has 0 aliphatic carbocycles. The van der Waals surface area contributed by atoms with Crippen LogP contribution < -0.4 is 10.6 Å². The Bertz CT molecular complexity index is 794. The molecule has 1 aromatic heterocycles. The minimum Gasteiger partial charge on any atom is -0.354 e. The van der Waals surface area contributed by atoms with Gasteiger partial charge in [0, 0.05) is 17.7 Å². The first-order valence-electron chi connectivity index (χ1n) is 7.07. The summed E-state index contributed by atoms with van der Waals surface area (Å²) in [6, 6.07) is 2.38. The van der Waals surface area contributed by atoms with Crippen LogP contribution in [-0.4, -0.2) is 29.4 Å². The number of rotatable bonds is 4. The molecule has 2 amide bonds. The van der Waals surface area contributed by atoms with Gasteiger partial charge in [-0.2, -0.15) is 0 Å². The van der Waals surface area contributed by atoms with Crippen molar-refractivity contribution < 1.29 is 22.8 Å². The number of hydrogen-bond acceptors (Lipinski definition) is 4. The highest BCUT2D eigenvalue weighted by Gasteiger charge is 2.26.